The van der Waals surface area contributed by atoms with Crippen LogP contribution in [-0.4, -0.2) is 147 Å². The number of ether oxygens (including phenoxy) is 7. The Balaban J connectivity index is 1.22. The van der Waals surface area contributed by atoms with Crippen LogP contribution in [-0.2, 0) is 73.3 Å². The molecule has 3 aromatic rings. The van der Waals surface area contributed by atoms with Gasteiger partial charge in [-0.25, -0.2) is 19.2 Å². The fourth-order valence-electron chi connectivity index (χ4n) is 12.0. The maximum absolute atomic E-state index is 15.4. The number of rotatable bonds is 19. The molecule has 0 spiro atoms. The molecular weight excluding hydrogens is 1130 g/mol. The number of ketones is 1. The van der Waals surface area contributed by atoms with Crippen LogP contribution in [0.1, 0.15) is 123 Å². The van der Waals surface area contributed by atoms with Gasteiger partial charge in [0.2, 0.25) is 29.7 Å². The van der Waals surface area contributed by atoms with Crippen molar-refractivity contribution in [3.63, 3.8) is 0 Å². The number of anilines is 1. The van der Waals surface area contributed by atoms with Crippen LogP contribution in [0.2, 0.25) is 0 Å². The van der Waals surface area contributed by atoms with E-state index in [4.69, 9.17) is 38.9 Å². The lowest BCUT2D eigenvalue weighted by molar-refractivity contribution is -0.346. The molecule has 25 nitrogen and oxygen atoms in total. The average Bonchev–Trinajstić information content (AvgIpc) is 0.674. The van der Waals surface area contributed by atoms with Crippen molar-refractivity contribution in [1.82, 2.24) is 16.0 Å². The normalized spacial score (nSPS) is 26.8. The molecule has 470 valence electrons. The lowest BCUT2D eigenvalue weighted by Crippen LogP contribution is -2.81. The molecule has 3 aromatic carbocycles. The molecule has 1 saturated heterocycles. The Morgan fingerprint density at radius 2 is 1.44 bits per heavy atom. The minimum absolute atomic E-state index is 0.00782. The van der Waals surface area contributed by atoms with Gasteiger partial charge in [0.05, 0.1) is 36.0 Å². The number of primary amides is 1. The summed E-state index contributed by atoms with van der Waals surface area (Å²) in [6.45, 7) is 15.4. The minimum Gasteiger partial charge on any atom is -0.455 e. The molecule has 5 amide bonds. The number of hydrogen-bond acceptors (Lipinski definition) is 20. The van der Waals surface area contributed by atoms with Crippen molar-refractivity contribution in [3.05, 3.63) is 113 Å². The summed E-state index contributed by atoms with van der Waals surface area (Å²) in [5.41, 5.74) is -3.47. The Morgan fingerprint density at radius 1 is 0.816 bits per heavy atom. The lowest BCUT2D eigenvalue weighted by Gasteiger charge is -2.67. The standard InChI is InChI=1S/C62H77N5O20/c1-31(2)51(73)64-33(4)52(74)66-39(26-43(63)70)53(75)65-38-24-22-35(23-25-38)29-81-57(79)84-47(45(36-18-14-12-15-19-36)67-56(78)87-58(6,7)8)55(77)83-40-28-62(80)50(85-54(76)37-20-16-13-17-21-37)48-60(11,49(72)46(71)44(32(40)3)59(62,9)10)41(69)27-42-61(48,30-82-42)86-34(5)68/h12-25,31,33,39-42,45-48,50,69,71,80H,26-30H2,1-11H3,(H2,63,70)(H,64,73)(H,65,75)(H,66,74)(H,67,78)/t33-,39-,40+,41+,42?,45?,46-,47-,48+,50+,60-,61+,62-/m1/s1. The Bertz CT molecular complexity index is 3170. The molecule has 7 rings (SSSR count). The highest BCUT2D eigenvalue weighted by Crippen LogP contribution is 2.64. The van der Waals surface area contributed by atoms with Crippen LogP contribution in [0.4, 0.5) is 15.3 Å². The third-order valence-electron chi connectivity index (χ3n) is 16.7. The number of benzene rings is 3. The molecule has 4 aliphatic rings. The summed E-state index contributed by atoms with van der Waals surface area (Å²) in [4.78, 5) is 136. The number of hydrogen-bond donors (Lipinski definition) is 8. The minimum atomic E-state index is -2.52. The predicted molar refractivity (Wildman–Crippen MR) is 306 cm³/mol. The summed E-state index contributed by atoms with van der Waals surface area (Å²) in [6, 6.07) is 17.0. The molecule has 2 saturated carbocycles. The zero-order valence-electron chi connectivity index (χ0n) is 50.3. The number of aliphatic hydroxyl groups excluding tert-OH is 2. The quantitative estimate of drug-likeness (QED) is 0.0476. The first-order valence-electron chi connectivity index (χ1n) is 28.4. The van der Waals surface area contributed by atoms with Crippen molar-refractivity contribution in [2.24, 2.45) is 28.4 Å². The highest BCUT2D eigenvalue weighted by molar-refractivity contribution is 6.00. The largest absolute Gasteiger partial charge is 0.509 e. The molecule has 1 heterocycles. The first kappa shape index (κ1) is 66.3. The number of alkyl carbamates (subject to hydrolysis) is 1. The second-order valence-corrected chi connectivity index (χ2v) is 24.5. The number of amides is 5. The number of nitrogens with two attached hydrogens (primary N) is 1. The molecule has 2 bridgehead atoms. The van der Waals surface area contributed by atoms with Crippen molar-refractivity contribution in [3.8, 4) is 0 Å². The van der Waals surface area contributed by atoms with E-state index in [1.54, 1.807) is 71.0 Å². The second-order valence-electron chi connectivity index (χ2n) is 24.5. The highest BCUT2D eigenvalue weighted by Gasteiger charge is 2.78. The first-order valence-corrected chi connectivity index (χ1v) is 28.4. The summed E-state index contributed by atoms with van der Waals surface area (Å²) in [6.07, 6.45) is -14.7. The molecule has 25 heteroatoms. The van der Waals surface area contributed by atoms with Crippen LogP contribution in [0.25, 0.3) is 0 Å². The molecule has 1 aliphatic heterocycles. The van der Waals surface area contributed by atoms with E-state index < -0.39 is 173 Å². The first-order chi connectivity index (χ1) is 40.6. The fourth-order valence-corrected chi connectivity index (χ4v) is 12.0. The van der Waals surface area contributed by atoms with Crippen molar-refractivity contribution >= 4 is 65.3 Å². The zero-order valence-corrected chi connectivity index (χ0v) is 50.3. The number of carbonyl (C=O) groups is 10. The highest BCUT2D eigenvalue weighted by atomic mass is 16.7. The van der Waals surface area contributed by atoms with Crippen molar-refractivity contribution < 1.29 is 96.4 Å². The van der Waals surface area contributed by atoms with E-state index in [-0.39, 0.29) is 41.0 Å². The summed E-state index contributed by atoms with van der Waals surface area (Å²) >= 11 is 0. The van der Waals surface area contributed by atoms with Crippen LogP contribution in [0.15, 0.2) is 96.1 Å². The molecule has 0 aromatic heterocycles. The molecular formula is C62H77N5O20. The fraction of sp³-hybridized carbons (Fsp3) is 0.516. The van der Waals surface area contributed by atoms with Gasteiger partial charge in [0, 0.05) is 36.8 Å². The van der Waals surface area contributed by atoms with E-state index >= 15 is 9.59 Å². The van der Waals surface area contributed by atoms with Crippen molar-refractivity contribution in [2.75, 3.05) is 11.9 Å². The van der Waals surface area contributed by atoms with Crippen LogP contribution in [0.5, 0.6) is 0 Å². The smallest absolute Gasteiger partial charge is 0.455 e. The van der Waals surface area contributed by atoms with E-state index in [1.807, 2.05) is 0 Å². The lowest BCUT2D eigenvalue weighted by atomic mass is 9.44. The van der Waals surface area contributed by atoms with Crippen LogP contribution in [0, 0.1) is 22.7 Å². The monoisotopic (exact) mass is 1210 g/mol. The number of esters is 3. The van der Waals surface area contributed by atoms with Gasteiger partial charge < -0.3 is 75.5 Å². The van der Waals surface area contributed by atoms with E-state index in [0.29, 0.717) is 5.56 Å². The maximum atomic E-state index is 15.4. The van der Waals surface area contributed by atoms with Crippen LogP contribution >= 0.6 is 0 Å². The van der Waals surface area contributed by atoms with E-state index in [0.717, 1.165) is 6.92 Å². The summed E-state index contributed by atoms with van der Waals surface area (Å²) in [7, 11) is 0. The SMILES string of the molecule is CC(=O)O[C@@]12COC1C[C@H](O)[C@@]1(C)C(=O)[C@H](O)C3=C(C)[C@@H](OC(=O)[C@H](OC(=O)OCc4ccc(NC(=O)[C@@H](CC(N)=O)NC(=O)[C@@H](C)NC(=O)C(C)C)cc4)C(NC(=O)OC(C)(C)C)c4ccccc4)C[C@@](O)([C@@H](OC(=O)c4ccccc4)[C@@H]12)C3(C)C. The van der Waals surface area contributed by atoms with Crippen LogP contribution in [0.3, 0.4) is 0 Å². The van der Waals surface area contributed by atoms with Gasteiger partial charge in [-0.1, -0.05) is 88.4 Å². The van der Waals surface area contributed by atoms with Crippen molar-refractivity contribution in [1.29, 1.82) is 0 Å². The Labute approximate surface area is 502 Å². The van der Waals surface area contributed by atoms with E-state index in [1.165, 1.54) is 83.1 Å². The topological polar surface area (TPSA) is 370 Å². The van der Waals surface area contributed by atoms with Gasteiger partial charge in [-0.2, -0.15) is 0 Å². The van der Waals surface area contributed by atoms with Gasteiger partial charge in [0.1, 0.15) is 60.4 Å². The average molecular weight is 1210 g/mol. The van der Waals surface area contributed by atoms with Crippen molar-refractivity contribution in [2.45, 2.75) is 174 Å². The summed E-state index contributed by atoms with van der Waals surface area (Å²) < 4.78 is 41.6. The Kier molecular flexibility index (Phi) is 19.8. The van der Waals surface area contributed by atoms with Gasteiger partial charge >= 0.3 is 30.2 Å². The van der Waals surface area contributed by atoms with Gasteiger partial charge in [0.15, 0.2) is 11.4 Å². The Hall–Kier alpha value is -8.26. The van der Waals surface area contributed by atoms with Gasteiger partial charge in [0.25, 0.3) is 0 Å². The number of Topliss-reactive ketones (excluding diaryl/α,β-unsaturated/α-hetero) is 1. The molecule has 2 unspecified atom stereocenters. The molecule has 3 aliphatic carbocycles. The molecule has 87 heavy (non-hydrogen) atoms. The number of carbonyl (C=O) groups excluding carboxylic acids is 10. The Morgan fingerprint density at radius 3 is 2.00 bits per heavy atom. The molecule has 3 fully saturated rings. The zero-order chi connectivity index (χ0) is 64.3. The van der Waals surface area contributed by atoms with E-state index in [2.05, 4.69) is 21.3 Å². The molecule has 13 atom stereocenters. The summed E-state index contributed by atoms with van der Waals surface area (Å²) in [5.74, 6) is -9.19. The third kappa shape index (κ3) is 14.0. The van der Waals surface area contributed by atoms with Gasteiger partial charge in [-0.3, -0.25) is 28.8 Å². The van der Waals surface area contributed by atoms with Crippen LogP contribution < -0.4 is 27.0 Å². The van der Waals surface area contributed by atoms with Gasteiger partial charge in [-0.05, 0) is 88.1 Å². The summed E-state index contributed by atoms with van der Waals surface area (Å²) in [5, 5.41) is 48.6. The number of nitrogens with one attached hydrogen (secondary N) is 4. The third-order valence-corrected chi connectivity index (χ3v) is 16.7. The number of fused-ring (bicyclic) bond motifs is 5. The second kappa shape index (κ2) is 26.0. The molecule has 9 N–H and O–H groups in total. The maximum Gasteiger partial charge on any atom is 0.509 e. The van der Waals surface area contributed by atoms with E-state index in [9.17, 15) is 53.7 Å². The molecule has 0 radical (unpaired) electrons. The predicted octanol–water partition coefficient (Wildman–Crippen LogP) is 4.08. The van der Waals surface area contributed by atoms with Gasteiger partial charge in [-0.15, -0.1) is 0 Å². The number of aliphatic hydroxyl groups is 3.